The molecule has 11 heteroatoms. The SMILES string of the molecule is NC(=O)[C@@H]1CC(C(=O)Nc2nc(-c3ccc(Cl)cc3Cl)cs2)=NN1c1ccc(F)cc1. The van der Waals surface area contributed by atoms with Crippen molar-refractivity contribution in [1.82, 2.24) is 4.98 Å². The molecule has 7 nitrogen and oxygen atoms in total. The number of thiazole rings is 1. The van der Waals surface area contributed by atoms with Gasteiger partial charge in [0.05, 0.1) is 16.4 Å². The van der Waals surface area contributed by atoms with Crippen molar-refractivity contribution in [3.8, 4) is 11.3 Å². The number of nitrogens with two attached hydrogens (primary N) is 1. The summed E-state index contributed by atoms with van der Waals surface area (Å²) in [5, 5.41) is 11.3. The lowest BCUT2D eigenvalue weighted by atomic mass is 10.1. The average molecular weight is 478 g/mol. The number of nitrogens with zero attached hydrogens (tertiary/aromatic N) is 3. The molecule has 0 aliphatic carbocycles. The van der Waals surface area contributed by atoms with Gasteiger partial charge in [-0.1, -0.05) is 23.2 Å². The van der Waals surface area contributed by atoms with Crippen molar-refractivity contribution in [1.29, 1.82) is 0 Å². The number of anilines is 2. The summed E-state index contributed by atoms with van der Waals surface area (Å²) in [7, 11) is 0. The monoisotopic (exact) mass is 477 g/mol. The van der Waals surface area contributed by atoms with Gasteiger partial charge in [-0.25, -0.2) is 9.37 Å². The van der Waals surface area contributed by atoms with Gasteiger partial charge < -0.3 is 5.73 Å². The molecule has 0 saturated heterocycles. The highest BCUT2D eigenvalue weighted by molar-refractivity contribution is 7.14. The number of aromatic nitrogens is 1. The van der Waals surface area contributed by atoms with E-state index < -0.39 is 23.7 Å². The van der Waals surface area contributed by atoms with Crippen LogP contribution in [0.5, 0.6) is 0 Å². The number of nitrogens with one attached hydrogen (secondary N) is 1. The molecular weight excluding hydrogens is 464 g/mol. The molecule has 158 valence electrons. The lowest BCUT2D eigenvalue weighted by Crippen LogP contribution is -2.39. The summed E-state index contributed by atoms with van der Waals surface area (Å²) >= 11 is 13.3. The summed E-state index contributed by atoms with van der Waals surface area (Å²) in [5.74, 6) is -1.59. The van der Waals surface area contributed by atoms with Crippen molar-refractivity contribution < 1.29 is 14.0 Å². The van der Waals surface area contributed by atoms with Crippen LogP contribution in [0.2, 0.25) is 10.0 Å². The molecule has 0 radical (unpaired) electrons. The molecule has 4 rings (SSSR count). The Bertz CT molecular complexity index is 1200. The highest BCUT2D eigenvalue weighted by Gasteiger charge is 2.35. The van der Waals surface area contributed by atoms with Crippen molar-refractivity contribution in [2.45, 2.75) is 12.5 Å². The molecule has 3 aromatic rings. The average Bonchev–Trinajstić information content (AvgIpc) is 3.36. The topological polar surface area (TPSA) is 101 Å². The fourth-order valence-electron chi connectivity index (χ4n) is 3.02. The number of carbonyl (C=O) groups excluding carboxylic acids is 2. The summed E-state index contributed by atoms with van der Waals surface area (Å²) in [4.78, 5) is 29.0. The van der Waals surface area contributed by atoms with E-state index in [1.54, 1.807) is 23.6 Å². The number of rotatable bonds is 5. The van der Waals surface area contributed by atoms with Crippen LogP contribution in [-0.4, -0.2) is 28.6 Å². The van der Waals surface area contributed by atoms with E-state index in [0.29, 0.717) is 32.1 Å². The molecule has 1 atom stereocenters. The molecule has 1 aliphatic heterocycles. The van der Waals surface area contributed by atoms with Crippen LogP contribution in [0.3, 0.4) is 0 Å². The van der Waals surface area contributed by atoms with Crippen LogP contribution < -0.4 is 16.1 Å². The van der Waals surface area contributed by atoms with Crippen LogP contribution in [-0.2, 0) is 9.59 Å². The largest absolute Gasteiger partial charge is 0.368 e. The van der Waals surface area contributed by atoms with Crippen LogP contribution in [0.1, 0.15) is 6.42 Å². The second-order valence-corrected chi connectivity index (χ2v) is 8.31. The second-order valence-electron chi connectivity index (χ2n) is 6.61. The lowest BCUT2D eigenvalue weighted by Gasteiger charge is -2.20. The third-order valence-electron chi connectivity index (χ3n) is 4.52. The van der Waals surface area contributed by atoms with Crippen molar-refractivity contribution >= 4 is 62.9 Å². The summed E-state index contributed by atoms with van der Waals surface area (Å²) in [6.07, 6.45) is 0.0137. The van der Waals surface area contributed by atoms with E-state index in [1.165, 1.54) is 40.6 Å². The first-order valence-corrected chi connectivity index (χ1v) is 10.6. The number of hydrogen-bond donors (Lipinski definition) is 2. The number of halogens is 3. The fraction of sp³-hybridized carbons (Fsp3) is 0.100. The smallest absolute Gasteiger partial charge is 0.273 e. The summed E-state index contributed by atoms with van der Waals surface area (Å²) in [6.45, 7) is 0. The standard InChI is InChI=1S/C20H14Cl2FN5O2S/c21-10-1-6-13(14(22)7-10)16-9-31-20(25-16)26-19(30)15-8-17(18(24)29)28(27-15)12-4-2-11(23)3-5-12/h1-7,9,17H,8H2,(H2,24,29)(H,25,26,30)/t17-/m0/s1. The molecule has 3 N–H and O–H groups in total. The van der Waals surface area contributed by atoms with Gasteiger partial charge in [0, 0.05) is 22.4 Å². The maximum Gasteiger partial charge on any atom is 0.273 e. The minimum atomic E-state index is -0.856. The second kappa shape index (κ2) is 8.62. The van der Waals surface area contributed by atoms with Gasteiger partial charge in [-0.15, -0.1) is 11.3 Å². The molecular formula is C20H14Cl2FN5O2S. The maximum atomic E-state index is 13.2. The molecule has 0 fully saturated rings. The molecule has 0 bridgehead atoms. The number of hydrogen-bond acceptors (Lipinski definition) is 6. The van der Waals surface area contributed by atoms with Crippen molar-refractivity contribution in [3.05, 3.63) is 63.7 Å². The van der Waals surface area contributed by atoms with E-state index >= 15 is 0 Å². The summed E-state index contributed by atoms with van der Waals surface area (Å²) in [5.41, 5.74) is 7.28. The van der Waals surface area contributed by atoms with Crippen LogP contribution in [0.25, 0.3) is 11.3 Å². The van der Waals surface area contributed by atoms with Gasteiger partial charge >= 0.3 is 0 Å². The van der Waals surface area contributed by atoms with Crippen LogP contribution in [0.4, 0.5) is 15.2 Å². The van der Waals surface area contributed by atoms with Crippen molar-refractivity contribution in [2.24, 2.45) is 10.8 Å². The normalized spacial score (nSPS) is 15.6. The van der Waals surface area contributed by atoms with Gasteiger partial charge in [0.25, 0.3) is 5.91 Å². The van der Waals surface area contributed by atoms with Gasteiger partial charge in [0.2, 0.25) is 5.91 Å². The number of amides is 2. The Morgan fingerprint density at radius 1 is 1.19 bits per heavy atom. The zero-order valence-electron chi connectivity index (χ0n) is 15.7. The van der Waals surface area contributed by atoms with Crippen LogP contribution in [0, 0.1) is 5.82 Å². The Labute approximate surface area is 190 Å². The molecule has 0 spiro atoms. The summed E-state index contributed by atoms with van der Waals surface area (Å²) < 4.78 is 13.2. The minimum absolute atomic E-state index is 0.0137. The summed E-state index contributed by atoms with van der Waals surface area (Å²) in [6, 6.07) is 9.58. The first-order valence-electron chi connectivity index (χ1n) is 8.95. The van der Waals surface area contributed by atoms with Gasteiger partial charge in [-0.05, 0) is 42.5 Å². The van der Waals surface area contributed by atoms with E-state index in [9.17, 15) is 14.0 Å². The Kier molecular flexibility index (Phi) is 5.90. The predicted molar refractivity (Wildman–Crippen MR) is 120 cm³/mol. The number of benzene rings is 2. The van der Waals surface area contributed by atoms with Gasteiger partial charge in [-0.3, -0.25) is 19.9 Å². The van der Waals surface area contributed by atoms with Gasteiger partial charge in [-0.2, -0.15) is 5.10 Å². The Morgan fingerprint density at radius 2 is 1.94 bits per heavy atom. The zero-order valence-corrected chi connectivity index (χ0v) is 18.0. The van der Waals surface area contributed by atoms with E-state index in [-0.39, 0.29) is 12.1 Å². The highest BCUT2D eigenvalue weighted by Crippen LogP contribution is 2.32. The molecule has 2 heterocycles. The van der Waals surface area contributed by atoms with Crippen LogP contribution in [0.15, 0.2) is 52.9 Å². The molecule has 1 aromatic heterocycles. The molecule has 1 aliphatic rings. The van der Waals surface area contributed by atoms with Crippen molar-refractivity contribution in [2.75, 3.05) is 10.3 Å². The van der Waals surface area contributed by atoms with E-state index in [2.05, 4.69) is 15.4 Å². The van der Waals surface area contributed by atoms with Crippen LogP contribution >= 0.6 is 34.5 Å². The Hall–Kier alpha value is -3.01. The molecule has 0 saturated carbocycles. The molecule has 31 heavy (non-hydrogen) atoms. The van der Waals surface area contributed by atoms with E-state index in [1.807, 2.05) is 0 Å². The van der Waals surface area contributed by atoms with Gasteiger partial charge in [0.1, 0.15) is 17.6 Å². The third-order valence-corrected chi connectivity index (χ3v) is 5.83. The first kappa shape index (κ1) is 21.2. The highest BCUT2D eigenvalue weighted by atomic mass is 35.5. The number of carbonyl (C=O) groups is 2. The zero-order chi connectivity index (χ0) is 22.1. The predicted octanol–water partition coefficient (Wildman–Crippen LogP) is 4.31. The first-order chi connectivity index (χ1) is 14.8. The van der Waals surface area contributed by atoms with Crippen molar-refractivity contribution in [3.63, 3.8) is 0 Å². The Morgan fingerprint density at radius 3 is 2.61 bits per heavy atom. The fourth-order valence-corrected chi connectivity index (χ4v) is 4.23. The van der Waals surface area contributed by atoms with E-state index in [0.717, 1.165) is 0 Å². The lowest BCUT2D eigenvalue weighted by molar-refractivity contribution is -0.119. The van der Waals surface area contributed by atoms with E-state index in [4.69, 9.17) is 28.9 Å². The Balaban J connectivity index is 1.53. The molecule has 2 aromatic carbocycles. The number of hydrazone groups is 1. The molecule has 2 amide bonds. The number of primary amides is 1. The third kappa shape index (κ3) is 4.53. The van der Waals surface area contributed by atoms with Gasteiger partial charge in [0.15, 0.2) is 5.13 Å². The quantitative estimate of drug-likeness (QED) is 0.571. The minimum Gasteiger partial charge on any atom is -0.368 e. The molecule has 0 unspecified atom stereocenters. The maximum absolute atomic E-state index is 13.2.